The summed E-state index contributed by atoms with van der Waals surface area (Å²) in [5.74, 6) is 0.724. The van der Waals surface area contributed by atoms with Crippen molar-refractivity contribution in [2.75, 3.05) is 32.1 Å². The standard InChI is InChI=1S/C12H18N4O/c1-15(2)11-4-3-5-16(8-11)12-13-6-10(9-17)7-14-12/h6-7,9,11H,3-5,8H2,1-2H3. The van der Waals surface area contributed by atoms with Crippen molar-refractivity contribution in [1.82, 2.24) is 14.9 Å². The molecule has 2 rings (SSSR count). The molecule has 1 aromatic rings. The number of carbonyl (C=O) groups excluding carboxylic acids is 1. The second-order valence-corrected chi connectivity index (χ2v) is 4.64. The molecule has 5 nitrogen and oxygen atoms in total. The fourth-order valence-electron chi connectivity index (χ4n) is 2.11. The van der Waals surface area contributed by atoms with Gasteiger partial charge in [0.1, 0.15) is 0 Å². The van der Waals surface area contributed by atoms with Crippen molar-refractivity contribution >= 4 is 12.2 Å². The Morgan fingerprint density at radius 3 is 2.71 bits per heavy atom. The van der Waals surface area contributed by atoms with E-state index in [4.69, 9.17) is 0 Å². The van der Waals surface area contributed by atoms with Gasteiger partial charge in [-0.25, -0.2) is 9.97 Å². The largest absolute Gasteiger partial charge is 0.339 e. The fraction of sp³-hybridized carbons (Fsp3) is 0.583. The first-order chi connectivity index (χ1) is 8.20. The van der Waals surface area contributed by atoms with Crippen LogP contribution in [-0.4, -0.2) is 54.4 Å². The third-order valence-electron chi connectivity index (χ3n) is 3.20. The summed E-state index contributed by atoms with van der Waals surface area (Å²) in [6, 6.07) is 0.554. The first kappa shape index (κ1) is 12.0. The number of carbonyl (C=O) groups is 1. The predicted molar refractivity (Wildman–Crippen MR) is 66.3 cm³/mol. The molecule has 17 heavy (non-hydrogen) atoms. The number of rotatable bonds is 3. The normalized spacial score (nSPS) is 20.6. The van der Waals surface area contributed by atoms with Gasteiger partial charge in [-0.05, 0) is 26.9 Å². The lowest BCUT2D eigenvalue weighted by Crippen LogP contribution is -2.45. The first-order valence-electron chi connectivity index (χ1n) is 5.89. The molecule has 2 heterocycles. The number of piperidine rings is 1. The predicted octanol–water partition coefficient (Wildman–Crippen LogP) is 0.819. The molecule has 1 aromatic heterocycles. The van der Waals surface area contributed by atoms with Gasteiger partial charge in [-0.1, -0.05) is 0 Å². The molecule has 1 atom stereocenters. The van der Waals surface area contributed by atoms with E-state index in [0.29, 0.717) is 11.6 Å². The van der Waals surface area contributed by atoms with E-state index in [1.807, 2.05) is 0 Å². The summed E-state index contributed by atoms with van der Waals surface area (Å²) in [4.78, 5) is 23.4. The van der Waals surface area contributed by atoms with Gasteiger partial charge in [0.25, 0.3) is 0 Å². The highest BCUT2D eigenvalue weighted by molar-refractivity contribution is 5.73. The summed E-state index contributed by atoms with van der Waals surface area (Å²) in [5, 5.41) is 0. The van der Waals surface area contributed by atoms with E-state index in [9.17, 15) is 4.79 Å². The maximum atomic E-state index is 10.5. The lowest BCUT2D eigenvalue weighted by molar-refractivity contribution is 0.112. The summed E-state index contributed by atoms with van der Waals surface area (Å²) in [7, 11) is 4.20. The highest BCUT2D eigenvalue weighted by atomic mass is 16.1. The van der Waals surface area contributed by atoms with Gasteiger partial charge in [0.15, 0.2) is 6.29 Å². The molecule has 0 saturated carbocycles. The second kappa shape index (κ2) is 5.23. The number of aromatic nitrogens is 2. The summed E-state index contributed by atoms with van der Waals surface area (Å²) >= 11 is 0. The molecule has 0 amide bonds. The number of anilines is 1. The van der Waals surface area contributed by atoms with Crippen molar-refractivity contribution in [3.63, 3.8) is 0 Å². The van der Waals surface area contributed by atoms with Gasteiger partial charge in [-0.3, -0.25) is 4.79 Å². The van der Waals surface area contributed by atoms with Crippen LogP contribution in [0.4, 0.5) is 5.95 Å². The van der Waals surface area contributed by atoms with Crippen LogP contribution < -0.4 is 4.90 Å². The Bertz CT molecular complexity index is 377. The molecule has 1 saturated heterocycles. The highest BCUT2D eigenvalue weighted by Crippen LogP contribution is 2.17. The molecule has 1 fully saturated rings. The zero-order valence-electron chi connectivity index (χ0n) is 10.3. The van der Waals surface area contributed by atoms with Gasteiger partial charge < -0.3 is 9.80 Å². The highest BCUT2D eigenvalue weighted by Gasteiger charge is 2.22. The Morgan fingerprint density at radius 2 is 2.12 bits per heavy atom. The average molecular weight is 234 g/mol. The molecule has 5 heteroatoms. The third-order valence-corrected chi connectivity index (χ3v) is 3.20. The maximum absolute atomic E-state index is 10.5. The topological polar surface area (TPSA) is 49.3 Å². The Morgan fingerprint density at radius 1 is 1.41 bits per heavy atom. The number of aldehydes is 1. The number of hydrogen-bond acceptors (Lipinski definition) is 5. The Balaban J connectivity index is 2.07. The van der Waals surface area contributed by atoms with Gasteiger partial charge in [0.05, 0.1) is 5.56 Å². The van der Waals surface area contributed by atoms with Crippen molar-refractivity contribution in [3.8, 4) is 0 Å². The van der Waals surface area contributed by atoms with E-state index >= 15 is 0 Å². The summed E-state index contributed by atoms with van der Waals surface area (Å²) in [6.45, 7) is 1.94. The molecule has 0 N–H and O–H groups in total. The van der Waals surface area contributed by atoms with Crippen LogP contribution >= 0.6 is 0 Å². The second-order valence-electron chi connectivity index (χ2n) is 4.64. The lowest BCUT2D eigenvalue weighted by atomic mass is 10.1. The molecule has 0 spiro atoms. The van der Waals surface area contributed by atoms with Gasteiger partial charge in [-0.2, -0.15) is 0 Å². The summed E-state index contributed by atoms with van der Waals surface area (Å²) in [5.41, 5.74) is 0.523. The zero-order chi connectivity index (χ0) is 12.3. The molecule has 0 radical (unpaired) electrons. The summed E-state index contributed by atoms with van der Waals surface area (Å²) < 4.78 is 0. The van der Waals surface area contributed by atoms with E-state index in [0.717, 1.165) is 31.7 Å². The zero-order valence-corrected chi connectivity index (χ0v) is 10.3. The van der Waals surface area contributed by atoms with Crippen LogP contribution in [0.5, 0.6) is 0 Å². The number of likely N-dealkylation sites (N-methyl/N-ethyl adjacent to an activating group) is 1. The molecule has 0 aromatic carbocycles. The minimum Gasteiger partial charge on any atom is -0.339 e. The van der Waals surface area contributed by atoms with E-state index < -0.39 is 0 Å². The van der Waals surface area contributed by atoms with E-state index in [1.165, 1.54) is 6.42 Å². The molecular formula is C12H18N4O. The fourth-order valence-corrected chi connectivity index (χ4v) is 2.11. The minimum absolute atomic E-state index is 0.523. The van der Waals surface area contributed by atoms with Crippen LogP contribution in [0.25, 0.3) is 0 Å². The Labute approximate surface area is 101 Å². The Hall–Kier alpha value is -1.49. The molecule has 0 bridgehead atoms. The van der Waals surface area contributed by atoms with Crippen molar-refractivity contribution in [2.45, 2.75) is 18.9 Å². The van der Waals surface area contributed by atoms with Gasteiger partial charge in [0.2, 0.25) is 5.95 Å². The van der Waals surface area contributed by atoms with Crippen molar-refractivity contribution in [1.29, 1.82) is 0 Å². The summed E-state index contributed by atoms with van der Waals surface area (Å²) in [6.07, 6.45) is 6.30. The van der Waals surface area contributed by atoms with Crippen LogP contribution in [0.15, 0.2) is 12.4 Å². The van der Waals surface area contributed by atoms with Crippen LogP contribution in [0.2, 0.25) is 0 Å². The van der Waals surface area contributed by atoms with E-state index in [1.54, 1.807) is 12.4 Å². The van der Waals surface area contributed by atoms with Crippen LogP contribution in [-0.2, 0) is 0 Å². The minimum atomic E-state index is 0.523. The molecule has 92 valence electrons. The van der Waals surface area contributed by atoms with Crippen molar-refractivity contribution < 1.29 is 4.79 Å². The van der Waals surface area contributed by atoms with Gasteiger partial charge in [0, 0.05) is 31.5 Å². The van der Waals surface area contributed by atoms with Crippen LogP contribution in [0.1, 0.15) is 23.2 Å². The monoisotopic (exact) mass is 234 g/mol. The quantitative estimate of drug-likeness (QED) is 0.725. The molecular weight excluding hydrogens is 216 g/mol. The molecule has 1 aliphatic heterocycles. The van der Waals surface area contributed by atoms with Crippen molar-refractivity contribution in [3.05, 3.63) is 18.0 Å². The third kappa shape index (κ3) is 2.79. The first-order valence-corrected chi connectivity index (χ1v) is 5.89. The van der Waals surface area contributed by atoms with E-state index in [2.05, 4.69) is 33.9 Å². The molecule has 0 aliphatic carbocycles. The number of nitrogens with zero attached hydrogens (tertiary/aromatic N) is 4. The van der Waals surface area contributed by atoms with Crippen LogP contribution in [0, 0.1) is 0 Å². The van der Waals surface area contributed by atoms with Gasteiger partial charge in [-0.15, -0.1) is 0 Å². The number of hydrogen-bond donors (Lipinski definition) is 0. The molecule has 1 aliphatic rings. The smallest absolute Gasteiger partial charge is 0.225 e. The maximum Gasteiger partial charge on any atom is 0.225 e. The van der Waals surface area contributed by atoms with Crippen LogP contribution in [0.3, 0.4) is 0 Å². The SMILES string of the molecule is CN(C)C1CCCN(c2ncc(C=O)cn2)C1. The lowest BCUT2D eigenvalue weighted by Gasteiger charge is -2.36. The molecule has 1 unspecified atom stereocenters. The van der Waals surface area contributed by atoms with Gasteiger partial charge >= 0.3 is 0 Å². The van der Waals surface area contributed by atoms with Crippen molar-refractivity contribution in [2.24, 2.45) is 0 Å². The van der Waals surface area contributed by atoms with E-state index in [-0.39, 0.29) is 0 Å². The Kier molecular flexibility index (Phi) is 3.68. The average Bonchev–Trinajstić information content (AvgIpc) is 2.39.